The maximum Gasteiger partial charge on any atom is 0.234 e. The highest BCUT2D eigenvalue weighted by Gasteiger charge is 2.40. The van der Waals surface area contributed by atoms with Crippen LogP contribution < -0.4 is 0 Å². The Hall–Kier alpha value is -0.883. The van der Waals surface area contributed by atoms with Gasteiger partial charge in [0.15, 0.2) is 8.32 Å². The van der Waals surface area contributed by atoms with E-state index in [2.05, 4.69) is 24.8 Å². The highest BCUT2D eigenvalue weighted by Crippen LogP contribution is 2.36. The molecule has 0 unspecified atom stereocenters. The third kappa shape index (κ3) is 4.80. The summed E-state index contributed by atoms with van der Waals surface area (Å²) in [4.78, 5) is 5.61. The second kappa shape index (κ2) is 6.93. The van der Waals surface area contributed by atoms with E-state index in [9.17, 15) is 0 Å². The normalized spacial score (nSPS) is 26.4. The lowest BCUT2D eigenvalue weighted by Crippen LogP contribution is -2.44. The lowest BCUT2D eigenvalue weighted by atomic mass is 9.85. The number of rotatable bonds is 5. The average molecular weight is 356 g/mol. The molecule has 0 saturated heterocycles. The largest absolute Gasteiger partial charge is 0.410 e. The summed E-state index contributed by atoms with van der Waals surface area (Å²) in [7, 11) is -0.0362. The Bertz CT molecular complexity index is 570. The van der Waals surface area contributed by atoms with Gasteiger partial charge in [0.25, 0.3) is 0 Å². The van der Waals surface area contributed by atoms with Crippen molar-refractivity contribution in [2.45, 2.75) is 57.7 Å². The molecule has 23 heavy (non-hydrogen) atoms. The van der Waals surface area contributed by atoms with E-state index in [0.717, 1.165) is 16.3 Å². The highest BCUT2D eigenvalue weighted by molar-refractivity contribution is 6.69. The van der Waals surface area contributed by atoms with Crippen LogP contribution in [0.5, 0.6) is 0 Å². The lowest BCUT2D eigenvalue weighted by molar-refractivity contribution is -0.222. The van der Waals surface area contributed by atoms with Gasteiger partial charge in [0.2, 0.25) is 5.79 Å². The number of hydrogen-bond acceptors (Lipinski definition) is 4. The van der Waals surface area contributed by atoms with E-state index < -0.39 is 14.1 Å². The first kappa shape index (κ1) is 18.5. The van der Waals surface area contributed by atoms with Crippen molar-refractivity contribution in [3.63, 3.8) is 0 Å². The second-order valence-electron chi connectivity index (χ2n) is 7.13. The Morgan fingerprint density at radius 2 is 1.91 bits per heavy atom. The molecule has 0 N–H and O–H groups in total. The summed E-state index contributed by atoms with van der Waals surface area (Å²) in [6.45, 7) is 10.5. The van der Waals surface area contributed by atoms with E-state index in [1.165, 1.54) is 0 Å². The van der Waals surface area contributed by atoms with Crippen molar-refractivity contribution in [2.24, 2.45) is 5.16 Å². The zero-order valence-electron chi connectivity index (χ0n) is 14.7. The molecule has 6 heteroatoms. The smallest absolute Gasteiger partial charge is 0.234 e. The topological polar surface area (TPSA) is 40.0 Å². The molecule has 1 aliphatic heterocycles. The van der Waals surface area contributed by atoms with Crippen LogP contribution in [0.15, 0.2) is 29.4 Å². The zero-order chi connectivity index (χ0) is 17.3. The summed E-state index contributed by atoms with van der Waals surface area (Å²) in [6, 6.07) is 7.87. The minimum atomic E-state index is -1.68. The van der Waals surface area contributed by atoms with E-state index in [-0.39, 0.29) is 12.0 Å². The molecule has 0 bridgehead atoms. The molecule has 0 aromatic heterocycles. The van der Waals surface area contributed by atoms with Crippen LogP contribution in [0.25, 0.3) is 0 Å². The predicted octanol–water partition coefficient (Wildman–Crippen LogP) is 4.80. The van der Waals surface area contributed by atoms with Gasteiger partial charge in [-0.05, 0) is 44.3 Å². The van der Waals surface area contributed by atoms with Crippen molar-refractivity contribution >= 4 is 25.6 Å². The molecule has 1 aliphatic rings. The molecule has 2 rings (SSSR count). The molecule has 0 saturated carbocycles. The lowest BCUT2D eigenvalue weighted by Gasteiger charge is -2.37. The van der Waals surface area contributed by atoms with Gasteiger partial charge in [-0.2, -0.15) is 0 Å². The first-order chi connectivity index (χ1) is 10.6. The zero-order valence-corrected chi connectivity index (χ0v) is 16.5. The number of methoxy groups -OCH3 is 1. The summed E-state index contributed by atoms with van der Waals surface area (Å²) in [6.07, 6.45) is 0.590. The van der Waals surface area contributed by atoms with Crippen LogP contribution >= 0.6 is 11.6 Å². The van der Waals surface area contributed by atoms with Crippen molar-refractivity contribution < 1.29 is 14.0 Å². The van der Waals surface area contributed by atoms with Crippen LogP contribution in [-0.4, -0.2) is 33.0 Å². The van der Waals surface area contributed by atoms with Crippen molar-refractivity contribution in [1.82, 2.24) is 0 Å². The number of halogens is 1. The third-order valence-electron chi connectivity index (χ3n) is 3.93. The Kier molecular flexibility index (Phi) is 5.56. The van der Waals surface area contributed by atoms with Crippen LogP contribution in [0, 0.1) is 0 Å². The van der Waals surface area contributed by atoms with E-state index in [4.69, 9.17) is 25.6 Å². The van der Waals surface area contributed by atoms with Crippen LogP contribution in [0.4, 0.5) is 0 Å². The SMILES string of the molecule is CO[C@]1(C)C[C@@H](c2ccc(Cl)cc2)C([C@@H](C)O[Si](C)(C)C)=NO1. The summed E-state index contributed by atoms with van der Waals surface area (Å²) < 4.78 is 11.7. The van der Waals surface area contributed by atoms with Gasteiger partial charge < -0.3 is 14.0 Å². The van der Waals surface area contributed by atoms with Crippen LogP contribution in [0.2, 0.25) is 24.7 Å². The summed E-state index contributed by atoms with van der Waals surface area (Å²) in [5.74, 6) is -0.649. The minimum absolute atomic E-state index is 0.0808. The fourth-order valence-electron chi connectivity index (χ4n) is 2.78. The molecule has 1 aromatic rings. The number of oxime groups is 1. The minimum Gasteiger partial charge on any atom is -0.410 e. The average Bonchev–Trinajstić information content (AvgIpc) is 2.46. The highest BCUT2D eigenvalue weighted by atomic mass is 35.5. The Morgan fingerprint density at radius 3 is 2.43 bits per heavy atom. The first-order valence-corrected chi connectivity index (χ1v) is 11.7. The quantitative estimate of drug-likeness (QED) is 0.712. The van der Waals surface area contributed by atoms with Gasteiger partial charge in [0, 0.05) is 31.4 Å². The molecule has 3 atom stereocenters. The summed E-state index contributed by atoms with van der Waals surface area (Å²) >= 11 is 6.02. The van der Waals surface area contributed by atoms with Gasteiger partial charge in [-0.1, -0.05) is 28.9 Å². The molecular formula is C17H26ClNO3Si. The molecule has 0 fully saturated rings. The molecule has 0 spiro atoms. The standard InChI is InChI=1S/C17H26ClNO3Si/c1-12(21-23(4,5)6)16-15(11-17(2,20-3)22-19-16)13-7-9-14(18)10-8-13/h7-10,12,15H,11H2,1-6H3/t12-,15+,17+/m1/s1. The van der Waals surface area contributed by atoms with Crippen molar-refractivity contribution in [3.8, 4) is 0 Å². The number of ether oxygens (including phenoxy) is 1. The Balaban J connectivity index is 2.34. The fraction of sp³-hybridized carbons (Fsp3) is 0.588. The summed E-state index contributed by atoms with van der Waals surface area (Å²) in [5.41, 5.74) is 2.05. The maximum atomic E-state index is 6.22. The van der Waals surface area contributed by atoms with E-state index in [1.807, 2.05) is 38.1 Å². The molecule has 4 nitrogen and oxygen atoms in total. The molecule has 1 heterocycles. The van der Waals surface area contributed by atoms with Gasteiger partial charge in [-0.15, -0.1) is 0 Å². The fourth-order valence-corrected chi connectivity index (χ4v) is 4.09. The third-order valence-corrected chi connectivity index (χ3v) is 5.24. The van der Waals surface area contributed by atoms with E-state index >= 15 is 0 Å². The number of hydrogen-bond donors (Lipinski definition) is 0. The predicted molar refractivity (Wildman–Crippen MR) is 96.6 cm³/mol. The van der Waals surface area contributed by atoms with Gasteiger partial charge in [0.05, 0.1) is 11.8 Å². The molecule has 0 amide bonds. The monoisotopic (exact) mass is 355 g/mol. The number of nitrogens with zero attached hydrogens (tertiary/aromatic N) is 1. The van der Waals surface area contributed by atoms with Crippen molar-refractivity contribution in [3.05, 3.63) is 34.9 Å². The van der Waals surface area contributed by atoms with Gasteiger partial charge >= 0.3 is 0 Å². The Labute approximate surface area is 144 Å². The molecule has 0 aliphatic carbocycles. The second-order valence-corrected chi connectivity index (χ2v) is 12.0. The number of benzene rings is 1. The van der Waals surface area contributed by atoms with Gasteiger partial charge in [-0.25, -0.2) is 0 Å². The van der Waals surface area contributed by atoms with Crippen LogP contribution in [-0.2, 0) is 14.0 Å². The molecule has 1 aromatic carbocycles. The van der Waals surface area contributed by atoms with E-state index in [1.54, 1.807) is 7.11 Å². The van der Waals surface area contributed by atoms with Gasteiger partial charge in [-0.3, -0.25) is 0 Å². The maximum absolute atomic E-state index is 6.22. The first-order valence-electron chi connectivity index (χ1n) is 7.88. The molecule has 128 valence electrons. The van der Waals surface area contributed by atoms with E-state index in [0.29, 0.717) is 6.42 Å². The molecule has 0 radical (unpaired) electrons. The summed E-state index contributed by atoms with van der Waals surface area (Å²) in [5, 5.41) is 5.10. The van der Waals surface area contributed by atoms with Gasteiger partial charge in [0.1, 0.15) is 0 Å². The molecular weight excluding hydrogens is 330 g/mol. The Morgan fingerprint density at radius 1 is 1.30 bits per heavy atom. The van der Waals surface area contributed by atoms with Crippen molar-refractivity contribution in [1.29, 1.82) is 0 Å². The van der Waals surface area contributed by atoms with Crippen LogP contribution in [0.3, 0.4) is 0 Å². The van der Waals surface area contributed by atoms with Crippen molar-refractivity contribution in [2.75, 3.05) is 7.11 Å². The van der Waals surface area contributed by atoms with Crippen LogP contribution in [0.1, 0.15) is 31.7 Å².